The van der Waals surface area contributed by atoms with Gasteiger partial charge in [0.25, 0.3) is 0 Å². The molecule has 3 rings (SSSR count). The molecule has 0 radical (unpaired) electrons. The van der Waals surface area contributed by atoms with E-state index in [1.165, 1.54) is 13.0 Å². The molecule has 1 atom stereocenters. The Morgan fingerprint density at radius 2 is 2.21 bits per heavy atom. The molecule has 2 aliphatic rings. The van der Waals surface area contributed by atoms with E-state index in [0.29, 0.717) is 5.92 Å². The molecule has 2 aliphatic heterocycles. The van der Waals surface area contributed by atoms with Crippen molar-refractivity contribution < 1.29 is 9.26 Å². The maximum Gasteiger partial charge on any atom is 0.240 e. The second-order valence-electron chi connectivity index (χ2n) is 5.54. The molecule has 2 saturated heterocycles. The fraction of sp³-hybridized carbons (Fsp3) is 0.846. The number of nitrogens with zero attached hydrogens (tertiary/aromatic N) is 4. The van der Waals surface area contributed by atoms with Crippen LogP contribution in [0.4, 0.5) is 0 Å². The molecule has 0 bridgehead atoms. The van der Waals surface area contributed by atoms with Crippen LogP contribution < -0.4 is 0 Å². The van der Waals surface area contributed by atoms with Crippen LogP contribution >= 0.6 is 0 Å². The van der Waals surface area contributed by atoms with Crippen molar-refractivity contribution in [3.05, 3.63) is 11.7 Å². The lowest BCUT2D eigenvalue weighted by Gasteiger charge is -2.17. The average Bonchev–Trinajstić information content (AvgIpc) is 3.02. The van der Waals surface area contributed by atoms with Gasteiger partial charge in [-0.1, -0.05) is 5.16 Å². The van der Waals surface area contributed by atoms with E-state index in [0.717, 1.165) is 57.5 Å². The fourth-order valence-electron chi connectivity index (χ4n) is 2.69. The maximum absolute atomic E-state index is 5.38. The minimum Gasteiger partial charge on any atom is -0.381 e. The quantitative estimate of drug-likeness (QED) is 0.803. The monoisotopic (exact) mass is 266 g/mol. The van der Waals surface area contributed by atoms with Crippen LogP contribution in [-0.4, -0.2) is 66.4 Å². The fourth-order valence-corrected chi connectivity index (χ4v) is 2.69. The molecule has 19 heavy (non-hydrogen) atoms. The molecule has 1 aromatic rings. The zero-order valence-corrected chi connectivity index (χ0v) is 11.5. The molecule has 106 valence electrons. The van der Waals surface area contributed by atoms with Gasteiger partial charge in [0.05, 0.1) is 13.2 Å². The van der Waals surface area contributed by atoms with Gasteiger partial charge >= 0.3 is 0 Å². The molecule has 0 unspecified atom stereocenters. The molecule has 0 aliphatic carbocycles. The zero-order valence-electron chi connectivity index (χ0n) is 11.5. The van der Waals surface area contributed by atoms with Crippen LogP contribution in [0.15, 0.2) is 4.52 Å². The third-order valence-electron chi connectivity index (χ3n) is 3.95. The van der Waals surface area contributed by atoms with Crippen LogP contribution in [0, 0.1) is 0 Å². The summed E-state index contributed by atoms with van der Waals surface area (Å²) in [7, 11) is 2.17. The Bertz CT molecular complexity index is 403. The predicted molar refractivity (Wildman–Crippen MR) is 69.9 cm³/mol. The summed E-state index contributed by atoms with van der Waals surface area (Å²) < 4.78 is 10.7. The van der Waals surface area contributed by atoms with E-state index in [1.807, 2.05) is 0 Å². The normalized spacial score (nSPS) is 26.7. The van der Waals surface area contributed by atoms with Gasteiger partial charge in [-0.25, -0.2) is 0 Å². The third kappa shape index (κ3) is 3.32. The lowest BCUT2D eigenvalue weighted by Crippen LogP contribution is -2.28. The number of rotatable bonds is 3. The van der Waals surface area contributed by atoms with Crippen molar-refractivity contribution in [2.24, 2.45) is 0 Å². The molecule has 0 amide bonds. The minimum atomic E-state index is 0.327. The molecule has 6 heteroatoms. The highest BCUT2D eigenvalue weighted by molar-refractivity contribution is 4.97. The first-order valence-corrected chi connectivity index (χ1v) is 7.12. The lowest BCUT2D eigenvalue weighted by molar-refractivity contribution is 0.192. The average molecular weight is 266 g/mol. The second kappa shape index (κ2) is 5.98. The van der Waals surface area contributed by atoms with Crippen molar-refractivity contribution in [2.45, 2.75) is 25.3 Å². The van der Waals surface area contributed by atoms with Crippen LogP contribution in [0.5, 0.6) is 0 Å². The van der Waals surface area contributed by atoms with Crippen molar-refractivity contribution in [3.8, 4) is 0 Å². The van der Waals surface area contributed by atoms with E-state index in [1.54, 1.807) is 0 Å². The zero-order chi connectivity index (χ0) is 13.1. The lowest BCUT2D eigenvalue weighted by atomic mass is 10.1. The number of ether oxygens (including phenoxy) is 1. The van der Waals surface area contributed by atoms with E-state index in [2.05, 4.69) is 27.0 Å². The maximum atomic E-state index is 5.38. The standard InChI is InChI=1S/C13H22N4O2/c1-16-4-2-5-17(7-6-16)9-12-14-13(15-19-12)11-3-8-18-10-11/h11H,2-10H2,1H3/t11-/m1/s1. The molecule has 0 N–H and O–H groups in total. The van der Waals surface area contributed by atoms with E-state index < -0.39 is 0 Å². The highest BCUT2D eigenvalue weighted by Crippen LogP contribution is 2.22. The summed E-state index contributed by atoms with van der Waals surface area (Å²) in [5.41, 5.74) is 0. The van der Waals surface area contributed by atoms with Crippen LogP contribution in [0.2, 0.25) is 0 Å². The van der Waals surface area contributed by atoms with Crippen LogP contribution in [0.1, 0.15) is 30.5 Å². The highest BCUT2D eigenvalue weighted by atomic mass is 16.5. The first-order valence-electron chi connectivity index (χ1n) is 7.12. The Morgan fingerprint density at radius 1 is 1.26 bits per heavy atom. The third-order valence-corrected chi connectivity index (χ3v) is 3.95. The van der Waals surface area contributed by atoms with Crippen molar-refractivity contribution in [2.75, 3.05) is 46.4 Å². The number of likely N-dealkylation sites (N-methyl/N-ethyl adjacent to an activating group) is 1. The summed E-state index contributed by atoms with van der Waals surface area (Å²) in [5.74, 6) is 1.89. The molecule has 3 heterocycles. The Kier molecular flexibility index (Phi) is 4.10. The molecule has 1 aromatic heterocycles. The first kappa shape index (κ1) is 13.0. The number of aromatic nitrogens is 2. The van der Waals surface area contributed by atoms with E-state index in [-0.39, 0.29) is 0 Å². The SMILES string of the molecule is CN1CCCN(Cc2nc([C@@H]3CCOC3)no2)CC1. The van der Waals surface area contributed by atoms with Crippen molar-refractivity contribution in [1.82, 2.24) is 19.9 Å². The number of hydrogen-bond acceptors (Lipinski definition) is 6. The van der Waals surface area contributed by atoms with Crippen molar-refractivity contribution >= 4 is 0 Å². The van der Waals surface area contributed by atoms with Gasteiger partial charge in [-0.05, 0) is 33.0 Å². The van der Waals surface area contributed by atoms with E-state index in [4.69, 9.17) is 9.26 Å². The van der Waals surface area contributed by atoms with Gasteiger partial charge in [0, 0.05) is 25.6 Å². The Labute approximate surface area is 113 Å². The van der Waals surface area contributed by atoms with Crippen LogP contribution in [0.3, 0.4) is 0 Å². The summed E-state index contributed by atoms with van der Waals surface area (Å²) in [4.78, 5) is 9.29. The molecular weight excluding hydrogens is 244 g/mol. The van der Waals surface area contributed by atoms with Gasteiger partial charge in [0.15, 0.2) is 5.82 Å². The first-order chi connectivity index (χ1) is 9.31. The topological polar surface area (TPSA) is 54.6 Å². The van der Waals surface area contributed by atoms with Crippen molar-refractivity contribution in [3.63, 3.8) is 0 Å². The Balaban J connectivity index is 1.57. The highest BCUT2D eigenvalue weighted by Gasteiger charge is 2.23. The molecular formula is C13H22N4O2. The molecule has 0 saturated carbocycles. The van der Waals surface area contributed by atoms with E-state index in [9.17, 15) is 0 Å². The van der Waals surface area contributed by atoms with Gasteiger partial charge in [-0.15, -0.1) is 0 Å². The largest absolute Gasteiger partial charge is 0.381 e. The minimum absolute atomic E-state index is 0.327. The van der Waals surface area contributed by atoms with Gasteiger partial charge in [-0.3, -0.25) is 4.90 Å². The molecule has 0 aromatic carbocycles. The van der Waals surface area contributed by atoms with Crippen LogP contribution in [0.25, 0.3) is 0 Å². The summed E-state index contributed by atoms with van der Waals surface area (Å²) in [6, 6.07) is 0. The molecule has 0 spiro atoms. The summed E-state index contributed by atoms with van der Waals surface area (Å²) in [6.07, 6.45) is 2.21. The smallest absolute Gasteiger partial charge is 0.240 e. The Morgan fingerprint density at radius 3 is 3.05 bits per heavy atom. The number of hydrogen-bond donors (Lipinski definition) is 0. The van der Waals surface area contributed by atoms with E-state index >= 15 is 0 Å². The molecule has 6 nitrogen and oxygen atoms in total. The molecule has 2 fully saturated rings. The van der Waals surface area contributed by atoms with Gasteiger partial charge < -0.3 is 14.2 Å². The predicted octanol–water partition coefficient (Wildman–Crippen LogP) is 0.711. The van der Waals surface area contributed by atoms with Gasteiger partial charge in [-0.2, -0.15) is 4.98 Å². The summed E-state index contributed by atoms with van der Waals surface area (Å²) in [5, 5.41) is 4.10. The summed E-state index contributed by atoms with van der Waals surface area (Å²) >= 11 is 0. The van der Waals surface area contributed by atoms with Gasteiger partial charge in [0.2, 0.25) is 5.89 Å². The van der Waals surface area contributed by atoms with Crippen LogP contribution in [-0.2, 0) is 11.3 Å². The summed E-state index contributed by atoms with van der Waals surface area (Å²) in [6.45, 7) is 6.77. The van der Waals surface area contributed by atoms with Crippen molar-refractivity contribution in [1.29, 1.82) is 0 Å². The second-order valence-corrected chi connectivity index (χ2v) is 5.54. The Hall–Kier alpha value is -0.980. The van der Waals surface area contributed by atoms with Gasteiger partial charge in [0.1, 0.15) is 0 Å².